The van der Waals surface area contributed by atoms with Crippen LogP contribution >= 0.6 is 10.1 Å². The molecule has 156 valence electrons. The zero-order valence-electron chi connectivity index (χ0n) is 17.6. The molecule has 3 aromatic rings. The van der Waals surface area contributed by atoms with Gasteiger partial charge in [0.2, 0.25) is 0 Å². The van der Waals surface area contributed by atoms with Gasteiger partial charge in [-0.15, -0.1) is 0 Å². The van der Waals surface area contributed by atoms with Crippen LogP contribution in [-0.4, -0.2) is 9.13 Å². The zero-order valence-corrected chi connectivity index (χ0v) is 19.3. The van der Waals surface area contributed by atoms with Crippen LogP contribution in [0.25, 0.3) is 5.69 Å². The summed E-state index contributed by atoms with van der Waals surface area (Å²) in [4.78, 5) is 0. The van der Waals surface area contributed by atoms with Gasteiger partial charge in [-0.1, -0.05) is 0 Å². The van der Waals surface area contributed by atoms with Gasteiger partial charge in [0.25, 0.3) is 0 Å². The molecule has 4 heteroatoms. The molecule has 0 saturated carbocycles. The van der Waals surface area contributed by atoms with E-state index in [2.05, 4.69) is 99.2 Å². The van der Waals surface area contributed by atoms with Gasteiger partial charge in [0.05, 0.1) is 0 Å². The second-order valence-corrected chi connectivity index (χ2v) is 9.03. The molecule has 0 atom stereocenters. The van der Waals surface area contributed by atoms with E-state index in [1.54, 1.807) is 0 Å². The monoisotopic (exact) mass is 444 g/mol. The Morgan fingerprint density at radius 3 is 1.89 bits per heavy atom. The fourth-order valence-electron chi connectivity index (χ4n) is 3.75. The summed E-state index contributed by atoms with van der Waals surface area (Å²) in [5, 5.41) is 0. The maximum absolute atomic E-state index is 6.47. The Hall–Kier alpha value is -1.54. The first-order valence-corrected chi connectivity index (χ1v) is 11.6. The zero-order chi connectivity index (χ0) is 20.4. The Morgan fingerprint density at radius 1 is 0.821 bits per heavy atom. The fourth-order valence-corrected chi connectivity index (χ4v) is 4.89. The van der Waals surface area contributed by atoms with Gasteiger partial charge in [0, 0.05) is 0 Å². The minimum absolute atomic E-state index is 0.435. The van der Waals surface area contributed by atoms with Gasteiger partial charge in [-0.25, -0.2) is 0 Å². The maximum atomic E-state index is 6.47. The molecule has 0 fully saturated rings. The average Bonchev–Trinajstić information content (AvgIpc) is 2.92. The van der Waals surface area contributed by atoms with Crippen LogP contribution in [0.4, 0.5) is 0 Å². The molecule has 0 spiro atoms. The third-order valence-electron chi connectivity index (χ3n) is 5.43. The number of hydrogen-bond donors (Lipinski definition) is 0. The summed E-state index contributed by atoms with van der Waals surface area (Å²) in [7, 11) is 6.47. The molecule has 0 aliphatic heterocycles. The summed E-state index contributed by atoms with van der Waals surface area (Å²) in [5.41, 5.74) is 7.78. The molecule has 0 N–H and O–H groups in total. The average molecular weight is 446 g/mol. The van der Waals surface area contributed by atoms with Gasteiger partial charge in [-0.05, 0) is 0 Å². The molecule has 28 heavy (non-hydrogen) atoms. The molecular weight excluding hydrogens is 415 g/mol. The molecule has 0 radical (unpaired) electrons. The van der Waals surface area contributed by atoms with Crippen LogP contribution in [0.5, 0.6) is 0 Å². The van der Waals surface area contributed by atoms with Crippen molar-refractivity contribution < 1.29 is 13.6 Å². The third kappa shape index (κ3) is 3.94. The molecule has 3 rings (SSSR count). The molecule has 0 saturated heterocycles. The first kappa shape index (κ1) is 21.2. The van der Waals surface area contributed by atoms with Crippen molar-refractivity contribution in [3.63, 3.8) is 0 Å². The summed E-state index contributed by atoms with van der Waals surface area (Å²) in [6.45, 7) is 14.3. The van der Waals surface area contributed by atoms with Crippen molar-refractivity contribution in [1.29, 1.82) is 0 Å². The van der Waals surface area contributed by atoms with Gasteiger partial charge < -0.3 is 0 Å². The minimum atomic E-state index is 0.435. The van der Waals surface area contributed by atoms with Crippen molar-refractivity contribution in [3.05, 3.63) is 80.9 Å². The molecule has 0 bridgehead atoms. The second kappa shape index (κ2) is 8.86. The molecule has 0 aliphatic carbocycles. The Bertz CT molecular complexity index is 1000. The van der Waals surface area contributed by atoms with Crippen LogP contribution in [0.1, 0.15) is 67.6 Å². The Labute approximate surface area is 179 Å². The summed E-state index contributed by atoms with van der Waals surface area (Å²) in [6.07, 6.45) is 0. The van der Waals surface area contributed by atoms with Crippen LogP contribution < -0.4 is 0 Å². The molecular formula is C24H30ClCuN2-2. The quantitative estimate of drug-likeness (QED) is 0.376. The van der Waals surface area contributed by atoms with Gasteiger partial charge in [0.15, 0.2) is 0 Å². The van der Waals surface area contributed by atoms with Gasteiger partial charge >= 0.3 is 179 Å². The van der Waals surface area contributed by atoms with Crippen LogP contribution in [0.15, 0.2) is 48.5 Å². The predicted octanol–water partition coefficient (Wildman–Crippen LogP) is 6.96. The number of hydrogen-bond acceptors (Lipinski definition) is 0. The van der Waals surface area contributed by atoms with Gasteiger partial charge in [-0.3, -0.25) is 0 Å². The fraction of sp³-hybridized carbons (Fsp3) is 0.375. The van der Waals surface area contributed by atoms with E-state index in [1.165, 1.54) is 47.4 Å². The number of para-hydroxylation sites is 1. The first-order chi connectivity index (χ1) is 13.4. The summed E-state index contributed by atoms with van der Waals surface area (Å²) in [5.74, 6) is 0.871. The van der Waals surface area contributed by atoms with E-state index < -0.39 is 0 Å². The number of rotatable bonds is 5. The molecule has 0 aliphatic rings. The van der Waals surface area contributed by atoms with E-state index in [0.29, 0.717) is 11.8 Å². The predicted molar refractivity (Wildman–Crippen MR) is 116 cm³/mol. The Morgan fingerprint density at radius 2 is 1.39 bits per heavy atom. The topological polar surface area (TPSA) is 9.86 Å². The van der Waals surface area contributed by atoms with Gasteiger partial charge in [0.1, 0.15) is 0 Å². The third-order valence-corrected chi connectivity index (χ3v) is 6.48. The van der Waals surface area contributed by atoms with E-state index in [1.807, 2.05) is 0 Å². The van der Waals surface area contributed by atoms with Crippen LogP contribution in [0.2, 0.25) is 0 Å². The SMILES string of the molecule is Cc1c(C)n(-c2c(C(C)C)cccc2C(C)C)[c](=[Cu-2][Cl])n1Cc1ccccc1. The van der Waals surface area contributed by atoms with Crippen molar-refractivity contribution in [2.24, 2.45) is 0 Å². The molecule has 2 nitrogen and oxygen atoms in total. The van der Waals surface area contributed by atoms with Crippen molar-refractivity contribution in [2.75, 3.05) is 0 Å². The number of imidazole rings is 1. The molecule has 0 unspecified atom stereocenters. The number of nitrogens with zero attached hydrogens (tertiary/aromatic N) is 2. The standard InChI is InChI=1S/C24H30N2.ClH.Cu/c1-17(2)22-13-10-14-23(18(3)4)24(22)26-16-25(19(5)20(26)6)15-21-11-8-7-9-12-21;;/h7-14,17-18H,15H2,1-6H3;1H;/q;;-1/p-1. The summed E-state index contributed by atoms with van der Waals surface area (Å²) >= 11 is 1.41. The van der Waals surface area contributed by atoms with Crippen molar-refractivity contribution in [3.8, 4) is 5.69 Å². The van der Waals surface area contributed by atoms with E-state index >= 15 is 0 Å². The number of benzene rings is 2. The van der Waals surface area contributed by atoms with E-state index in [0.717, 1.165) is 10.9 Å². The normalized spacial score (nSPS) is 13.0. The van der Waals surface area contributed by atoms with Crippen molar-refractivity contribution >= 4 is 10.1 Å². The molecule has 2 aromatic carbocycles. The second-order valence-electron chi connectivity index (χ2n) is 7.96. The van der Waals surface area contributed by atoms with Gasteiger partial charge in [-0.2, -0.15) is 0 Å². The molecule has 1 aromatic heterocycles. The number of aromatic nitrogens is 2. The van der Waals surface area contributed by atoms with Crippen LogP contribution in [0, 0.1) is 18.2 Å². The van der Waals surface area contributed by atoms with Crippen molar-refractivity contribution in [2.45, 2.75) is 59.9 Å². The summed E-state index contributed by atoms with van der Waals surface area (Å²) < 4.78 is 5.76. The summed E-state index contributed by atoms with van der Waals surface area (Å²) in [6, 6.07) is 17.3. The van der Waals surface area contributed by atoms with Crippen LogP contribution in [0.3, 0.4) is 0 Å². The Kier molecular flexibility index (Phi) is 6.70. The van der Waals surface area contributed by atoms with E-state index in [4.69, 9.17) is 10.1 Å². The van der Waals surface area contributed by atoms with E-state index in [9.17, 15) is 0 Å². The van der Waals surface area contributed by atoms with Crippen LogP contribution in [-0.2, 0) is 20.2 Å². The van der Waals surface area contributed by atoms with Crippen molar-refractivity contribution in [1.82, 2.24) is 9.13 Å². The Balaban J connectivity index is 2.32. The molecule has 1 heterocycles. The first-order valence-electron chi connectivity index (χ1n) is 9.84. The molecule has 0 amide bonds. The number of halogens is 1. The van der Waals surface area contributed by atoms with E-state index in [-0.39, 0.29) is 0 Å².